The molecule has 0 saturated carbocycles. The van der Waals surface area contributed by atoms with Gasteiger partial charge < -0.3 is 10.5 Å². The molecule has 15 heteroatoms. The molecule has 0 saturated heterocycles. The average molecular weight is 487 g/mol. The van der Waals surface area contributed by atoms with Crippen molar-refractivity contribution in [3.05, 3.63) is 45.7 Å². The molecule has 1 amide bonds. The highest BCUT2D eigenvalue weighted by atomic mass is 32.2. The summed E-state index contributed by atoms with van der Waals surface area (Å²) in [6, 6.07) is 5.60. The number of aromatic nitrogens is 7. The number of methoxy groups -OCH3 is 1. The molecule has 4 rings (SSSR count). The summed E-state index contributed by atoms with van der Waals surface area (Å²) in [5, 5.41) is 28.0. The number of hydrazone groups is 1. The Morgan fingerprint density at radius 1 is 1.33 bits per heavy atom. The molecule has 3 heterocycles. The predicted octanol–water partition coefficient (Wildman–Crippen LogP) is 1.77. The lowest BCUT2D eigenvalue weighted by Crippen LogP contribution is -2.19. The molecule has 0 atom stereocenters. The Bertz CT molecular complexity index is 1310. The first-order valence-corrected chi connectivity index (χ1v) is 11.2. The largest absolute Gasteiger partial charge is 0.496 e. The highest BCUT2D eigenvalue weighted by Gasteiger charge is 2.20. The first kappa shape index (κ1) is 22.3. The number of aryl methyl sites for hydroxylation is 1. The molecule has 0 unspecified atom stereocenters. The zero-order valence-electron chi connectivity index (χ0n) is 17.7. The van der Waals surface area contributed by atoms with Crippen molar-refractivity contribution in [2.24, 2.45) is 5.10 Å². The number of nitrogens with one attached hydrogen (secondary N) is 1. The Hall–Kier alpha value is -3.85. The maximum Gasteiger partial charge on any atom is 0.293 e. The summed E-state index contributed by atoms with van der Waals surface area (Å²) in [6.45, 7) is 3.55. The second-order valence-corrected chi connectivity index (χ2v) is 8.96. The number of ether oxygens (including phenoxy) is 1. The summed E-state index contributed by atoms with van der Waals surface area (Å²) in [5.41, 5.74) is 10.3. The van der Waals surface area contributed by atoms with Crippen LogP contribution in [0.25, 0.3) is 5.82 Å². The number of carbonyl (C=O) groups excluding carboxylic acids is 1. The zero-order valence-corrected chi connectivity index (χ0v) is 19.3. The lowest BCUT2D eigenvalue weighted by Gasteiger charge is -2.08. The van der Waals surface area contributed by atoms with Crippen LogP contribution >= 0.6 is 23.1 Å². The fourth-order valence-corrected chi connectivity index (χ4v) is 4.56. The molecular weight excluding hydrogens is 468 g/mol. The standard InChI is InChI=1S/C18H18N10O3S2/c1-9-14(22-27-28(9)16-15(19)25-31-26-16)17(29)23-20-7-11-4-5-13(30-3)12(6-11)8-32-18-24-21-10(2)33-18/h4-7H,8H2,1-3H3,(H2,19,25)(H,23,29)/b20-7-. The molecule has 0 aliphatic rings. The lowest BCUT2D eigenvalue weighted by molar-refractivity contribution is 0.0949. The third kappa shape index (κ3) is 4.98. The van der Waals surface area contributed by atoms with Gasteiger partial charge in [-0.1, -0.05) is 28.3 Å². The van der Waals surface area contributed by atoms with Crippen LogP contribution in [0.1, 0.15) is 32.3 Å². The fraction of sp³-hybridized carbons (Fsp3) is 0.222. The van der Waals surface area contributed by atoms with Gasteiger partial charge in [-0.2, -0.15) is 9.78 Å². The van der Waals surface area contributed by atoms with Crippen LogP contribution in [-0.2, 0) is 5.75 Å². The molecule has 0 aliphatic heterocycles. The lowest BCUT2D eigenvalue weighted by atomic mass is 10.1. The van der Waals surface area contributed by atoms with Crippen molar-refractivity contribution in [2.45, 2.75) is 23.9 Å². The van der Waals surface area contributed by atoms with Crippen molar-refractivity contribution in [2.75, 3.05) is 12.8 Å². The summed E-state index contributed by atoms with van der Waals surface area (Å²) in [4.78, 5) is 12.5. The number of nitrogens with zero attached hydrogens (tertiary/aromatic N) is 8. The Morgan fingerprint density at radius 3 is 2.88 bits per heavy atom. The number of rotatable bonds is 8. The van der Waals surface area contributed by atoms with Gasteiger partial charge in [-0.05, 0) is 47.9 Å². The first-order valence-electron chi connectivity index (χ1n) is 9.40. The fourth-order valence-electron chi connectivity index (χ4n) is 2.76. The van der Waals surface area contributed by atoms with Gasteiger partial charge in [0.15, 0.2) is 10.0 Å². The van der Waals surface area contributed by atoms with Crippen molar-refractivity contribution in [1.29, 1.82) is 0 Å². The number of hydrogen-bond donors (Lipinski definition) is 2. The quantitative estimate of drug-likeness (QED) is 0.211. The molecule has 170 valence electrons. The maximum atomic E-state index is 12.5. The maximum absolute atomic E-state index is 12.5. The summed E-state index contributed by atoms with van der Waals surface area (Å²) in [7, 11) is 1.62. The van der Waals surface area contributed by atoms with Crippen LogP contribution in [0.5, 0.6) is 5.75 Å². The van der Waals surface area contributed by atoms with Gasteiger partial charge in [-0.3, -0.25) is 4.79 Å². The van der Waals surface area contributed by atoms with Gasteiger partial charge in [0.1, 0.15) is 10.8 Å². The van der Waals surface area contributed by atoms with E-state index in [0.29, 0.717) is 11.4 Å². The SMILES string of the molecule is COc1ccc(/C=N\NC(=O)c2nnn(-c3nonc3N)c2C)cc1CSc1nnc(C)s1. The Balaban J connectivity index is 1.43. The first-order chi connectivity index (χ1) is 16.0. The van der Waals surface area contributed by atoms with E-state index in [0.717, 1.165) is 26.2 Å². The van der Waals surface area contributed by atoms with Crippen molar-refractivity contribution in [1.82, 2.24) is 40.9 Å². The highest BCUT2D eigenvalue weighted by Crippen LogP contribution is 2.30. The minimum atomic E-state index is -0.541. The summed E-state index contributed by atoms with van der Waals surface area (Å²) in [5.74, 6) is 1.03. The summed E-state index contributed by atoms with van der Waals surface area (Å²) < 4.78 is 12.1. The van der Waals surface area contributed by atoms with E-state index < -0.39 is 5.91 Å². The molecule has 0 aliphatic carbocycles. The van der Waals surface area contributed by atoms with Gasteiger partial charge >= 0.3 is 0 Å². The molecule has 3 N–H and O–H groups in total. The third-order valence-corrected chi connectivity index (χ3v) is 6.37. The van der Waals surface area contributed by atoms with E-state index in [1.54, 1.807) is 25.8 Å². The van der Waals surface area contributed by atoms with E-state index in [9.17, 15) is 4.79 Å². The Morgan fingerprint density at radius 2 is 2.18 bits per heavy atom. The van der Waals surface area contributed by atoms with Crippen molar-refractivity contribution in [3.8, 4) is 11.6 Å². The monoisotopic (exact) mass is 486 g/mol. The number of nitrogens with two attached hydrogens (primary N) is 1. The van der Waals surface area contributed by atoms with E-state index in [1.807, 2.05) is 25.1 Å². The van der Waals surface area contributed by atoms with E-state index in [2.05, 4.69) is 46.0 Å². The van der Waals surface area contributed by atoms with Crippen molar-refractivity contribution in [3.63, 3.8) is 0 Å². The topological polar surface area (TPSA) is 172 Å². The van der Waals surface area contributed by atoms with Crippen LogP contribution < -0.4 is 15.9 Å². The molecule has 1 aromatic carbocycles. The number of benzene rings is 1. The second kappa shape index (κ2) is 9.74. The average Bonchev–Trinajstić information content (AvgIpc) is 3.52. The molecule has 0 spiro atoms. The van der Waals surface area contributed by atoms with Gasteiger partial charge in [0.05, 0.1) is 19.0 Å². The van der Waals surface area contributed by atoms with Gasteiger partial charge in [-0.25, -0.2) is 10.1 Å². The minimum absolute atomic E-state index is 0.0303. The van der Waals surface area contributed by atoms with Crippen LogP contribution in [0, 0.1) is 13.8 Å². The normalized spacial score (nSPS) is 11.2. The smallest absolute Gasteiger partial charge is 0.293 e. The van der Waals surface area contributed by atoms with Gasteiger partial charge in [0.25, 0.3) is 5.91 Å². The molecule has 33 heavy (non-hydrogen) atoms. The van der Waals surface area contributed by atoms with E-state index in [1.165, 1.54) is 22.2 Å². The molecule has 0 radical (unpaired) electrons. The minimum Gasteiger partial charge on any atom is -0.496 e. The summed E-state index contributed by atoms with van der Waals surface area (Å²) in [6.07, 6.45) is 1.53. The number of amides is 1. The molecule has 0 fully saturated rings. The third-order valence-electron chi connectivity index (χ3n) is 4.35. The van der Waals surface area contributed by atoms with Crippen LogP contribution in [0.2, 0.25) is 0 Å². The molecule has 13 nitrogen and oxygen atoms in total. The zero-order chi connectivity index (χ0) is 23.4. The number of carbonyl (C=O) groups is 1. The van der Waals surface area contributed by atoms with E-state index in [-0.39, 0.29) is 17.3 Å². The highest BCUT2D eigenvalue weighted by molar-refractivity contribution is 8.00. The summed E-state index contributed by atoms with van der Waals surface area (Å²) >= 11 is 3.11. The van der Waals surface area contributed by atoms with Crippen LogP contribution in [0.4, 0.5) is 5.82 Å². The van der Waals surface area contributed by atoms with Crippen LogP contribution in [-0.4, -0.2) is 54.7 Å². The Labute approximate surface area is 195 Å². The second-order valence-electron chi connectivity index (χ2n) is 6.55. The number of hydrogen-bond acceptors (Lipinski definition) is 13. The molecule has 3 aromatic heterocycles. The van der Waals surface area contributed by atoms with Gasteiger partial charge in [0.2, 0.25) is 11.6 Å². The molecule has 0 bridgehead atoms. The van der Waals surface area contributed by atoms with Crippen LogP contribution in [0.15, 0.2) is 32.3 Å². The van der Waals surface area contributed by atoms with E-state index >= 15 is 0 Å². The van der Waals surface area contributed by atoms with Crippen LogP contribution in [0.3, 0.4) is 0 Å². The Kier molecular flexibility index (Phi) is 6.60. The molecular formula is C18H18N10O3S2. The van der Waals surface area contributed by atoms with Crippen molar-refractivity contribution >= 4 is 41.0 Å². The predicted molar refractivity (Wildman–Crippen MR) is 121 cm³/mol. The number of nitrogen functional groups attached to an aromatic ring is 1. The van der Waals surface area contributed by atoms with E-state index in [4.69, 9.17) is 10.5 Å². The number of thioether (sulfide) groups is 1. The van der Waals surface area contributed by atoms with Crippen molar-refractivity contribution < 1.29 is 14.2 Å². The van der Waals surface area contributed by atoms with Gasteiger partial charge in [-0.15, -0.1) is 15.3 Å². The molecule has 4 aromatic rings. The van der Waals surface area contributed by atoms with Gasteiger partial charge in [0, 0.05) is 11.3 Å². The number of anilines is 1.